The molecule has 2 rings (SSSR count). The molecule has 0 amide bonds. The van der Waals surface area contributed by atoms with Crippen molar-refractivity contribution in [2.24, 2.45) is 0 Å². The van der Waals surface area contributed by atoms with Crippen LogP contribution in [0.5, 0.6) is 0 Å². The summed E-state index contributed by atoms with van der Waals surface area (Å²) in [6.07, 6.45) is 6.94. The molecule has 0 radical (unpaired) electrons. The third kappa shape index (κ3) is 3.25. The van der Waals surface area contributed by atoms with Crippen molar-refractivity contribution < 1.29 is 0 Å². The van der Waals surface area contributed by atoms with Gasteiger partial charge in [-0.05, 0) is 45.8 Å². The average Bonchev–Trinajstić information content (AvgIpc) is 2.90. The molecule has 1 N–H and O–H groups in total. The fraction of sp³-hybridized carbons (Fsp3) is 1.00. The molecule has 2 fully saturated rings. The maximum atomic E-state index is 3.48. The van der Waals surface area contributed by atoms with E-state index in [4.69, 9.17) is 0 Å². The van der Waals surface area contributed by atoms with E-state index in [9.17, 15) is 0 Å². The van der Waals surface area contributed by atoms with Crippen LogP contribution in [0.25, 0.3) is 0 Å². The molecule has 1 heterocycles. The van der Waals surface area contributed by atoms with Crippen molar-refractivity contribution >= 4 is 0 Å². The lowest BCUT2D eigenvalue weighted by atomic mass is 9.90. The van der Waals surface area contributed by atoms with E-state index in [1.807, 2.05) is 0 Å². The van der Waals surface area contributed by atoms with Crippen LogP contribution in [-0.4, -0.2) is 61.2 Å². The number of likely N-dealkylation sites (N-methyl/N-ethyl adjacent to an activating group) is 1. The van der Waals surface area contributed by atoms with Crippen molar-refractivity contribution in [1.29, 1.82) is 0 Å². The van der Waals surface area contributed by atoms with Crippen LogP contribution in [0.15, 0.2) is 0 Å². The first kappa shape index (κ1) is 14.3. The first-order chi connectivity index (χ1) is 8.78. The van der Waals surface area contributed by atoms with E-state index in [-0.39, 0.29) is 0 Å². The summed E-state index contributed by atoms with van der Waals surface area (Å²) in [6, 6.07) is 2.42. The maximum absolute atomic E-state index is 3.48. The summed E-state index contributed by atoms with van der Waals surface area (Å²) in [6.45, 7) is 9.64. The number of nitrogens with zero attached hydrogens (tertiary/aromatic N) is 2. The molecular formula is C15H31N3. The molecule has 0 spiro atoms. The van der Waals surface area contributed by atoms with E-state index in [0.717, 1.165) is 18.1 Å². The number of rotatable bonds is 5. The highest BCUT2D eigenvalue weighted by Crippen LogP contribution is 2.27. The monoisotopic (exact) mass is 253 g/mol. The van der Waals surface area contributed by atoms with Gasteiger partial charge in [-0.2, -0.15) is 0 Å². The predicted octanol–water partition coefficient (Wildman–Crippen LogP) is 1.93. The lowest BCUT2D eigenvalue weighted by Crippen LogP contribution is -2.44. The molecular weight excluding hydrogens is 222 g/mol. The van der Waals surface area contributed by atoms with Gasteiger partial charge in [0.2, 0.25) is 0 Å². The Bertz CT molecular complexity index is 240. The van der Waals surface area contributed by atoms with Gasteiger partial charge in [0.25, 0.3) is 0 Å². The van der Waals surface area contributed by atoms with Crippen molar-refractivity contribution in [2.75, 3.05) is 33.2 Å². The summed E-state index contributed by atoms with van der Waals surface area (Å²) in [5, 5.41) is 3.48. The number of hydrogen-bond donors (Lipinski definition) is 1. The van der Waals surface area contributed by atoms with E-state index in [1.165, 1.54) is 58.3 Å². The topological polar surface area (TPSA) is 18.5 Å². The van der Waals surface area contributed by atoms with Gasteiger partial charge in [-0.25, -0.2) is 0 Å². The van der Waals surface area contributed by atoms with Gasteiger partial charge < -0.3 is 5.32 Å². The minimum Gasteiger partial charge on any atom is -0.317 e. The Morgan fingerprint density at radius 2 is 1.94 bits per heavy atom. The lowest BCUT2D eigenvalue weighted by Gasteiger charge is -2.36. The van der Waals surface area contributed by atoms with Crippen molar-refractivity contribution in [3.8, 4) is 0 Å². The van der Waals surface area contributed by atoms with Crippen molar-refractivity contribution in [3.05, 3.63) is 0 Å². The Labute approximate surface area is 113 Å². The predicted molar refractivity (Wildman–Crippen MR) is 78.0 cm³/mol. The van der Waals surface area contributed by atoms with E-state index >= 15 is 0 Å². The quantitative estimate of drug-likeness (QED) is 0.808. The molecule has 106 valence electrons. The maximum Gasteiger partial charge on any atom is 0.0235 e. The van der Waals surface area contributed by atoms with Crippen LogP contribution in [0.1, 0.15) is 46.0 Å². The van der Waals surface area contributed by atoms with E-state index in [2.05, 4.69) is 36.0 Å². The van der Waals surface area contributed by atoms with Crippen LogP contribution in [0.2, 0.25) is 0 Å². The number of hydrogen-bond acceptors (Lipinski definition) is 3. The second-order valence-corrected chi connectivity index (χ2v) is 5.96. The lowest BCUT2D eigenvalue weighted by molar-refractivity contribution is 0.149. The second kappa shape index (κ2) is 6.88. The molecule has 0 aromatic rings. The highest BCUT2D eigenvalue weighted by molar-refractivity contribution is 4.90. The van der Waals surface area contributed by atoms with Gasteiger partial charge in [-0.1, -0.05) is 20.3 Å². The van der Waals surface area contributed by atoms with Crippen LogP contribution < -0.4 is 5.32 Å². The minimum absolute atomic E-state index is 0.760. The molecule has 3 atom stereocenters. The highest BCUT2D eigenvalue weighted by atomic mass is 15.3. The third-order valence-electron chi connectivity index (χ3n) is 5.09. The van der Waals surface area contributed by atoms with Gasteiger partial charge >= 0.3 is 0 Å². The molecule has 2 aliphatic rings. The Hall–Kier alpha value is -0.120. The molecule has 1 saturated carbocycles. The summed E-state index contributed by atoms with van der Waals surface area (Å²) in [5.74, 6) is 0. The molecule has 0 bridgehead atoms. The zero-order chi connectivity index (χ0) is 13.0. The molecule has 0 aromatic heterocycles. The smallest absolute Gasteiger partial charge is 0.0235 e. The molecule has 1 aliphatic heterocycles. The molecule has 3 unspecified atom stereocenters. The van der Waals surface area contributed by atoms with Crippen molar-refractivity contribution in [3.63, 3.8) is 0 Å². The van der Waals surface area contributed by atoms with Crippen molar-refractivity contribution in [1.82, 2.24) is 15.1 Å². The molecule has 3 heteroatoms. The molecule has 1 saturated heterocycles. The highest BCUT2D eigenvalue weighted by Gasteiger charge is 2.32. The molecule has 1 aliphatic carbocycles. The zero-order valence-electron chi connectivity index (χ0n) is 12.5. The van der Waals surface area contributed by atoms with Gasteiger partial charge in [0.05, 0.1) is 0 Å². The Balaban J connectivity index is 1.84. The van der Waals surface area contributed by atoms with Gasteiger partial charge in [0.1, 0.15) is 0 Å². The van der Waals surface area contributed by atoms with E-state index < -0.39 is 0 Å². The second-order valence-electron chi connectivity index (χ2n) is 5.96. The van der Waals surface area contributed by atoms with Gasteiger partial charge in [-0.3, -0.25) is 9.80 Å². The van der Waals surface area contributed by atoms with Gasteiger partial charge in [0.15, 0.2) is 0 Å². The first-order valence-electron chi connectivity index (χ1n) is 7.93. The Kier molecular flexibility index (Phi) is 5.46. The van der Waals surface area contributed by atoms with Crippen LogP contribution in [0.4, 0.5) is 0 Å². The normalized spacial score (nSPS) is 34.3. The Morgan fingerprint density at radius 3 is 2.61 bits per heavy atom. The number of likely N-dealkylation sites (tertiary alicyclic amines) is 1. The van der Waals surface area contributed by atoms with Gasteiger partial charge in [0, 0.05) is 31.2 Å². The minimum atomic E-state index is 0.760. The largest absolute Gasteiger partial charge is 0.317 e. The van der Waals surface area contributed by atoms with Crippen LogP contribution in [0.3, 0.4) is 0 Å². The summed E-state index contributed by atoms with van der Waals surface area (Å²) < 4.78 is 0. The average molecular weight is 253 g/mol. The van der Waals surface area contributed by atoms with Crippen LogP contribution in [0, 0.1) is 0 Å². The third-order valence-corrected chi connectivity index (χ3v) is 5.09. The summed E-state index contributed by atoms with van der Waals surface area (Å²) in [7, 11) is 2.12. The SMILES string of the molecule is CCN(CC)C1CCN(C2CCCC(NC)C2)C1. The standard InChI is InChI=1S/C15H31N3/c1-4-17(5-2)15-9-10-18(12-15)14-8-6-7-13(11-14)16-3/h13-16H,4-12H2,1-3H3. The number of nitrogens with one attached hydrogen (secondary N) is 1. The van der Waals surface area contributed by atoms with Crippen molar-refractivity contribution in [2.45, 2.75) is 64.1 Å². The first-order valence-corrected chi connectivity index (χ1v) is 7.93. The van der Waals surface area contributed by atoms with Crippen LogP contribution in [-0.2, 0) is 0 Å². The Morgan fingerprint density at radius 1 is 1.17 bits per heavy atom. The van der Waals surface area contributed by atoms with Gasteiger partial charge in [-0.15, -0.1) is 0 Å². The zero-order valence-corrected chi connectivity index (χ0v) is 12.5. The van der Waals surface area contributed by atoms with Crippen LogP contribution >= 0.6 is 0 Å². The summed E-state index contributed by atoms with van der Waals surface area (Å²) >= 11 is 0. The molecule has 0 aromatic carbocycles. The van der Waals surface area contributed by atoms with E-state index in [0.29, 0.717) is 0 Å². The summed E-state index contributed by atoms with van der Waals surface area (Å²) in [5.41, 5.74) is 0. The molecule has 18 heavy (non-hydrogen) atoms. The molecule has 3 nitrogen and oxygen atoms in total. The fourth-order valence-electron chi connectivity index (χ4n) is 3.90. The fourth-order valence-corrected chi connectivity index (χ4v) is 3.90. The summed E-state index contributed by atoms with van der Waals surface area (Å²) in [4.78, 5) is 5.41. The van der Waals surface area contributed by atoms with E-state index in [1.54, 1.807) is 0 Å².